The second kappa shape index (κ2) is 5.05. The molecule has 0 spiro atoms. The Hall–Kier alpha value is -1.62. The number of fused-ring (bicyclic) bond motifs is 1. The van der Waals surface area contributed by atoms with Gasteiger partial charge in [0.05, 0.1) is 12.0 Å². The minimum Gasteiger partial charge on any atom is -0.396 e. The van der Waals surface area contributed by atoms with Crippen LogP contribution < -0.4 is 4.90 Å². The first kappa shape index (κ1) is 13.4. The fourth-order valence-electron chi connectivity index (χ4n) is 3.23. The molecule has 2 N–H and O–H groups in total. The Bertz CT molecular complexity index is 594. The van der Waals surface area contributed by atoms with Gasteiger partial charge in [-0.3, -0.25) is 0 Å². The van der Waals surface area contributed by atoms with Gasteiger partial charge in [-0.15, -0.1) is 0 Å². The molecule has 0 saturated carbocycles. The molecule has 0 unspecified atom stereocenters. The summed E-state index contributed by atoms with van der Waals surface area (Å²) in [6.07, 6.45) is 5.68. The van der Waals surface area contributed by atoms with E-state index in [9.17, 15) is 5.11 Å². The Kier molecular flexibility index (Phi) is 3.38. The molecule has 2 aromatic rings. The molecule has 0 aromatic carbocycles. The highest BCUT2D eigenvalue weighted by molar-refractivity contribution is 5.87. The molecule has 108 valence electrons. The minimum absolute atomic E-state index is 0.0220. The molecule has 5 nitrogen and oxygen atoms in total. The number of hydrogen-bond acceptors (Lipinski definition) is 4. The molecule has 1 aliphatic rings. The summed E-state index contributed by atoms with van der Waals surface area (Å²) >= 11 is 0. The summed E-state index contributed by atoms with van der Waals surface area (Å²) in [6, 6.07) is 2.02. The molecule has 1 fully saturated rings. The number of H-pyrrole nitrogens is 1. The topological polar surface area (TPSA) is 65.0 Å². The summed E-state index contributed by atoms with van der Waals surface area (Å²) in [4.78, 5) is 14.2. The van der Waals surface area contributed by atoms with E-state index in [1.807, 2.05) is 12.3 Å². The molecular formula is C15H22N4O. The molecule has 1 saturated heterocycles. The van der Waals surface area contributed by atoms with E-state index in [2.05, 4.69) is 33.7 Å². The third-order valence-corrected chi connectivity index (χ3v) is 4.78. The number of hydrogen-bond donors (Lipinski definition) is 2. The van der Waals surface area contributed by atoms with Gasteiger partial charge >= 0.3 is 0 Å². The Morgan fingerprint density at radius 2 is 2.30 bits per heavy atom. The van der Waals surface area contributed by atoms with Gasteiger partial charge in [-0.05, 0) is 24.8 Å². The van der Waals surface area contributed by atoms with Crippen molar-refractivity contribution in [3.8, 4) is 0 Å². The molecule has 3 rings (SSSR count). The number of aliphatic hydroxyl groups is 1. The number of nitrogens with zero attached hydrogens (tertiary/aromatic N) is 3. The van der Waals surface area contributed by atoms with E-state index in [0.29, 0.717) is 5.92 Å². The summed E-state index contributed by atoms with van der Waals surface area (Å²) in [5, 5.41) is 10.9. The van der Waals surface area contributed by atoms with Crippen molar-refractivity contribution in [1.29, 1.82) is 0 Å². The number of aromatic amines is 1. The van der Waals surface area contributed by atoms with Gasteiger partial charge in [0.25, 0.3) is 0 Å². The number of aliphatic hydroxyl groups excluding tert-OH is 1. The van der Waals surface area contributed by atoms with Crippen molar-refractivity contribution in [2.24, 2.45) is 11.3 Å². The molecule has 2 aromatic heterocycles. The molecule has 0 radical (unpaired) electrons. The highest BCUT2D eigenvalue weighted by Gasteiger charge is 2.38. The van der Waals surface area contributed by atoms with Gasteiger partial charge in [0, 0.05) is 24.7 Å². The van der Waals surface area contributed by atoms with Crippen LogP contribution in [0.4, 0.5) is 5.82 Å². The Balaban J connectivity index is 1.96. The van der Waals surface area contributed by atoms with Crippen molar-refractivity contribution in [3.05, 3.63) is 18.6 Å². The first-order valence-corrected chi connectivity index (χ1v) is 7.30. The van der Waals surface area contributed by atoms with Gasteiger partial charge in [-0.1, -0.05) is 13.8 Å². The second-order valence-corrected chi connectivity index (χ2v) is 6.14. The van der Waals surface area contributed by atoms with Crippen LogP contribution in [0.15, 0.2) is 18.6 Å². The minimum atomic E-state index is -0.0220. The van der Waals surface area contributed by atoms with Gasteiger partial charge in [0.2, 0.25) is 0 Å². The van der Waals surface area contributed by atoms with Gasteiger partial charge in [-0.25, -0.2) is 9.97 Å². The van der Waals surface area contributed by atoms with E-state index in [1.54, 1.807) is 6.33 Å². The van der Waals surface area contributed by atoms with Gasteiger partial charge < -0.3 is 15.0 Å². The van der Waals surface area contributed by atoms with E-state index < -0.39 is 0 Å². The Morgan fingerprint density at radius 1 is 1.45 bits per heavy atom. The van der Waals surface area contributed by atoms with Crippen LogP contribution in [0, 0.1) is 11.3 Å². The van der Waals surface area contributed by atoms with E-state index in [4.69, 9.17) is 0 Å². The van der Waals surface area contributed by atoms with Crippen molar-refractivity contribution >= 4 is 16.9 Å². The van der Waals surface area contributed by atoms with Crippen LogP contribution >= 0.6 is 0 Å². The SMILES string of the molecule is CC(C)[C@]1(CO)CCCN(c2ncnc3[nH]ccc23)C1. The fraction of sp³-hybridized carbons (Fsp3) is 0.600. The lowest BCUT2D eigenvalue weighted by atomic mass is 9.72. The van der Waals surface area contributed by atoms with E-state index in [1.165, 1.54) is 0 Å². The van der Waals surface area contributed by atoms with Crippen LogP contribution in [-0.4, -0.2) is 39.8 Å². The van der Waals surface area contributed by atoms with E-state index in [0.717, 1.165) is 42.8 Å². The number of rotatable bonds is 3. The van der Waals surface area contributed by atoms with Crippen LogP contribution in [0.1, 0.15) is 26.7 Å². The largest absolute Gasteiger partial charge is 0.396 e. The smallest absolute Gasteiger partial charge is 0.142 e. The Morgan fingerprint density at radius 3 is 3.05 bits per heavy atom. The average molecular weight is 274 g/mol. The number of nitrogens with one attached hydrogen (secondary N) is 1. The Labute approximate surface area is 119 Å². The molecular weight excluding hydrogens is 252 g/mol. The first-order valence-electron chi connectivity index (χ1n) is 7.30. The van der Waals surface area contributed by atoms with Gasteiger partial charge in [0.15, 0.2) is 0 Å². The number of anilines is 1. The van der Waals surface area contributed by atoms with Gasteiger partial charge in [0.1, 0.15) is 17.8 Å². The van der Waals surface area contributed by atoms with Crippen LogP contribution in [0.25, 0.3) is 11.0 Å². The van der Waals surface area contributed by atoms with Crippen LogP contribution in [-0.2, 0) is 0 Å². The summed E-state index contributed by atoms with van der Waals surface area (Å²) in [7, 11) is 0. The maximum atomic E-state index is 9.88. The zero-order valence-corrected chi connectivity index (χ0v) is 12.1. The molecule has 0 aliphatic carbocycles. The lowest BCUT2D eigenvalue weighted by Crippen LogP contribution is -2.48. The van der Waals surface area contributed by atoms with Gasteiger partial charge in [-0.2, -0.15) is 0 Å². The third kappa shape index (κ3) is 2.06. The monoisotopic (exact) mass is 274 g/mol. The normalized spacial score (nSPS) is 23.7. The zero-order valence-electron chi connectivity index (χ0n) is 12.1. The molecule has 20 heavy (non-hydrogen) atoms. The van der Waals surface area contributed by atoms with Crippen LogP contribution in [0.5, 0.6) is 0 Å². The van der Waals surface area contributed by atoms with E-state index >= 15 is 0 Å². The molecule has 3 heterocycles. The van der Waals surface area contributed by atoms with Crippen molar-refractivity contribution in [2.45, 2.75) is 26.7 Å². The first-order chi connectivity index (χ1) is 9.66. The molecule has 0 amide bonds. The summed E-state index contributed by atoms with van der Waals surface area (Å²) in [5.41, 5.74) is 0.853. The average Bonchev–Trinajstić information content (AvgIpc) is 2.95. The van der Waals surface area contributed by atoms with Crippen LogP contribution in [0.3, 0.4) is 0 Å². The third-order valence-electron chi connectivity index (χ3n) is 4.78. The fourth-order valence-corrected chi connectivity index (χ4v) is 3.23. The van der Waals surface area contributed by atoms with Crippen LogP contribution in [0.2, 0.25) is 0 Å². The lowest BCUT2D eigenvalue weighted by molar-refractivity contribution is 0.0599. The van der Waals surface area contributed by atoms with Crippen molar-refractivity contribution in [3.63, 3.8) is 0 Å². The summed E-state index contributed by atoms with van der Waals surface area (Å²) in [6.45, 7) is 6.49. The van der Waals surface area contributed by atoms with Crippen molar-refractivity contribution in [1.82, 2.24) is 15.0 Å². The molecule has 0 bridgehead atoms. The maximum absolute atomic E-state index is 9.88. The predicted molar refractivity (Wildman–Crippen MR) is 79.7 cm³/mol. The zero-order chi connectivity index (χ0) is 14.2. The lowest BCUT2D eigenvalue weighted by Gasteiger charge is -2.45. The highest BCUT2D eigenvalue weighted by Crippen LogP contribution is 2.39. The highest BCUT2D eigenvalue weighted by atomic mass is 16.3. The number of piperidine rings is 1. The molecule has 5 heteroatoms. The molecule has 1 aliphatic heterocycles. The molecule has 1 atom stereocenters. The summed E-state index contributed by atoms with van der Waals surface area (Å²) in [5.74, 6) is 1.44. The number of aromatic nitrogens is 3. The second-order valence-electron chi connectivity index (χ2n) is 6.14. The summed E-state index contributed by atoms with van der Waals surface area (Å²) < 4.78 is 0. The predicted octanol–water partition coefficient (Wildman–Crippen LogP) is 2.19. The maximum Gasteiger partial charge on any atom is 0.142 e. The van der Waals surface area contributed by atoms with Crippen molar-refractivity contribution < 1.29 is 5.11 Å². The van der Waals surface area contributed by atoms with Crippen molar-refractivity contribution in [2.75, 3.05) is 24.6 Å². The quantitative estimate of drug-likeness (QED) is 0.900. The standard InChI is InChI=1S/C15H22N4O/c1-11(2)15(9-20)5-3-7-19(8-15)14-12-4-6-16-13(12)17-10-18-14/h4,6,10-11,20H,3,5,7-9H2,1-2H3,(H,16,17,18)/t15-/m1/s1. The van der Waals surface area contributed by atoms with E-state index in [-0.39, 0.29) is 12.0 Å².